The summed E-state index contributed by atoms with van der Waals surface area (Å²) in [6, 6.07) is 5.94. The van der Waals surface area contributed by atoms with Crippen LogP contribution in [0.25, 0.3) is 0 Å². The molecule has 1 aromatic rings. The van der Waals surface area contributed by atoms with E-state index in [2.05, 4.69) is 11.4 Å². The molecule has 0 spiro atoms. The van der Waals surface area contributed by atoms with Crippen LogP contribution >= 0.6 is 0 Å². The average Bonchev–Trinajstić information content (AvgIpc) is 2.17. The van der Waals surface area contributed by atoms with Crippen molar-refractivity contribution >= 4 is 11.5 Å². The Morgan fingerprint density at radius 3 is 3.08 bits per heavy atom. The molecule has 0 aromatic heterocycles. The summed E-state index contributed by atoms with van der Waals surface area (Å²) in [5.41, 5.74) is 3.16. The Labute approximate surface area is 78.0 Å². The third-order valence-electron chi connectivity index (χ3n) is 2.45. The highest BCUT2D eigenvalue weighted by Gasteiger charge is 2.13. The molecule has 2 heteroatoms. The van der Waals surface area contributed by atoms with Gasteiger partial charge in [0.05, 0.1) is 0 Å². The summed E-state index contributed by atoms with van der Waals surface area (Å²) in [7, 11) is 0. The second kappa shape index (κ2) is 3.21. The molecule has 0 aliphatic carbocycles. The molecule has 1 aliphatic rings. The van der Waals surface area contributed by atoms with E-state index in [1.165, 1.54) is 5.56 Å². The molecule has 1 heterocycles. The number of hydrogen-bond donors (Lipinski definition) is 1. The summed E-state index contributed by atoms with van der Waals surface area (Å²) < 4.78 is 0. The van der Waals surface area contributed by atoms with E-state index in [9.17, 15) is 4.79 Å². The van der Waals surface area contributed by atoms with E-state index in [0.29, 0.717) is 0 Å². The predicted octanol–water partition coefficient (Wildman–Crippen LogP) is 2.25. The van der Waals surface area contributed by atoms with Crippen molar-refractivity contribution in [1.29, 1.82) is 0 Å². The molecule has 0 atom stereocenters. The number of carbonyl (C=O) groups excluding carboxylic acids is 1. The quantitative estimate of drug-likeness (QED) is 0.663. The van der Waals surface area contributed by atoms with Crippen LogP contribution in [0.2, 0.25) is 0 Å². The van der Waals surface area contributed by atoms with Gasteiger partial charge in [-0.2, -0.15) is 0 Å². The lowest BCUT2D eigenvalue weighted by molar-refractivity contribution is 0.101. The zero-order valence-electron chi connectivity index (χ0n) is 7.76. The number of carbonyl (C=O) groups is 1. The molecule has 2 nitrogen and oxygen atoms in total. The highest BCUT2D eigenvalue weighted by Crippen LogP contribution is 2.25. The number of aryl methyl sites for hydroxylation is 1. The lowest BCUT2D eigenvalue weighted by Crippen LogP contribution is -2.14. The molecule has 0 saturated carbocycles. The minimum absolute atomic E-state index is 0.145. The number of anilines is 1. The maximum absolute atomic E-state index is 11.3. The van der Waals surface area contributed by atoms with Gasteiger partial charge in [-0.25, -0.2) is 0 Å². The molecule has 13 heavy (non-hydrogen) atoms. The summed E-state index contributed by atoms with van der Waals surface area (Å²) in [6.45, 7) is 2.60. The number of ketones is 1. The van der Waals surface area contributed by atoms with Gasteiger partial charge in [0, 0.05) is 17.8 Å². The summed E-state index contributed by atoms with van der Waals surface area (Å²) in [6.07, 6.45) is 2.25. The second-order valence-electron chi connectivity index (χ2n) is 3.43. The van der Waals surface area contributed by atoms with Crippen LogP contribution in [0.1, 0.15) is 29.3 Å². The summed E-state index contributed by atoms with van der Waals surface area (Å²) in [4.78, 5) is 11.3. The maximum Gasteiger partial charge on any atom is 0.161 e. The fourth-order valence-corrected chi connectivity index (χ4v) is 1.80. The number of hydrogen-bond acceptors (Lipinski definition) is 2. The summed E-state index contributed by atoms with van der Waals surface area (Å²) in [5.74, 6) is 0.145. The molecule has 0 fully saturated rings. The van der Waals surface area contributed by atoms with Crippen LogP contribution in [0.15, 0.2) is 18.2 Å². The number of nitrogens with one attached hydrogen (secondary N) is 1. The van der Waals surface area contributed by atoms with E-state index in [1.54, 1.807) is 6.92 Å². The van der Waals surface area contributed by atoms with Crippen molar-refractivity contribution in [2.75, 3.05) is 11.9 Å². The Morgan fingerprint density at radius 1 is 1.46 bits per heavy atom. The Kier molecular flexibility index (Phi) is 2.05. The van der Waals surface area contributed by atoms with Gasteiger partial charge in [-0.3, -0.25) is 4.79 Å². The van der Waals surface area contributed by atoms with Crippen molar-refractivity contribution < 1.29 is 4.79 Å². The normalized spacial score (nSPS) is 14.5. The Balaban J connectivity index is 2.52. The van der Waals surface area contributed by atoms with Crippen LogP contribution in [-0.4, -0.2) is 12.3 Å². The first-order valence-electron chi connectivity index (χ1n) is 4.66. The molecule has 0 radical (unpaired) electrons. The molecule has 0 unspecified atom stereocenters. The van der Waals surface area contributed by atoms with Gasteiger partial charge >= 0.3 is 0 Å². The third kappa shape index (κ3) is 1.44. The predicted molar refractivity (Wildman–Crippen MR) is 53.3 cm³/mol. The standard InChI is InChI=1S/C11H13NO/c1-8(13)10-6-2-4-9-5-3-7-12-11(9)10/h2,4,6,12H,3,5,7H2,1H3. The molecule has 0 amide bonds. The molecule has 2 rings (SSSR count). The van der Waals surface area contributed by atoms with Gasteiger partial charge in [0.2, 0.25) is 0 Å². The smallest absolute Gasteiger partial charge is 0.161 e. The minimum Gasteiger partial charge on any atom is -0.384 e. The number of benzene rings is 1. The van der Waals surface area contributed by atoms with Crippen molar-refractivity contribution in [3.63, 3.8) is 0 Å². The largest absolute Gasteiger partial charge is 0.384 e. The van der Waals surface area contributed by atoms with Gasteiger partial charge in [-0.1, -0.05) is 12.1 Å². The van der Waals surface area contributed by atoms with E-state index in [0.717, 1.165) is 30.6 Å². The lowest BCUT2D eigenvalue weighted by atomic mass is 9.98. The topological polar surface area (TPSA) is 29.1 Å². The second-order valence-corrected chi connectivity index (χ2v) is 3.43. The molecule has 0 saturated heterocycles. The van der Waals surface area contributed by atoms with Crippen LogP contribution in [-0.2, 0) is 6.42 Å². The highest BCUT2D eigenvalue weighted by atomic mass is 16.1. The van der Waals surface area contributed by atoms with Gasteiger partial charge in [0.15, 0.2) is 5.78 Å². The first-order chi connectivity index (χ1) is 6.29. The zero-order valence-corrected chi connectivity index (χ0v) is 7.76. The molecule has 1 aliphatic heterocycles. The zero-order chi connectivity index (χ0) is 9.26. The number of Topliss-reactive ketones (excluding diaryl/α,β-unsaturated/α-hetero) is 1. The van der Waals surface area contributed by atoms with Crippen LogP contribution in [0.4, 0.5) is 5.69 Å². The summed E-state index contributed by atoms with van der Waals surface area (Å²) in [5, 5.41) is 3.29. The van der Waals surface area contributed by atoms with Crippen LogP contribution in [0.3, 0.4) is 0 Å². The number of rotatable bonds is 1. The summed E-state index contributed by atoms with van der Waals surface area (Å²) >= 11 is 0. The van der Waals surface area contributed by atoms with E-state index in [1.807, 2.05) is 12.1 Å². The van der Waals surface area contributed by atoms with Gasteiger partial charge in [-0.05, 0) is 31.4 Å². The van der Waals surface area contributed by atoms with Crippen LogP contribution < -0.4 is 5.32 Å². The van der Waals surface area contributed by atoms with E-state index in [4.69, 9.17) is 0 Å². The monoisotopic (exact) mass is 175 g/mol. The Bertz CT molecular complexity index is 344. The third-order valence-corrected chi connectivity index (χ3v) is 2.45. The van der Waals surface area contributed by atoms with Gasteiger partial charge in [-0.15, -0.1) is 0 Å². The van der Waals surface area contributed by atoms with Crippen molar-refractivity contribution in [3.05, 3.63) is 29.3 Å². The fourth-order valence-electron chi connectivity index (χ4n) is 1.80. The number of fused-ring (bicyclic) bond motifs is 1. The van der Waals surface area contributed by atoms with Gasteiger partial charge in [0.1, 0.15) is 0 Å². The first kappa shape index (κ1) is 8.30. The van der Waals surface area contributed by atoms with Gasteiger partial charge < -0.3 is 5.32 Å². The minimum atomic E-state index is 0.145. The van der Waals surface area contributed by atoms with E-state index < -0.39 is 0 Å². The maximum atomic E-state index is 11.3. The van der Waals surface area contributed by atoms with E-state index >= 15 is 0 Å². The Hall–Kier alpha value is -1.31. The molecule has 68 valence electrons. The van der Waals surface area contributed by atoms with Crippen molar-refractivity contribution in [2.24, 2.45) is 0 Å². The molecule has 1 aromatic carbocycles. The molecule has 1 N–H and O–H groups in total. The number of para-hydroxylation sites is 1. The van der Waals surface area contributed by atoms with E-state index in [-0.39, 0.29) is 5.78 Å². The van der Waals surface area contributed by atoms with Crippen molar-refractivity contribution in [1.82, 2.24) is 0 Å². The fraction of sp³-hybridized carbons (Fsp3) is 0.364. The molecule has 0 bridgehead atoms. The average molecular weight is 175 g/mol. The van der Waals surface area contributed by atoms with Crippen LogP contribution in [0, 0.1) is 0 Å². The Morgan fingerprint density at radius 2 is 2.31 bits per heavy atom. The van der Waals surface area contributed by atoms with Gasteiger partial charge in [0.25, 0.3) is 0 Å². The molecular weight excluding hydrogens is 162 g/mol. The lowest BCUT2D eigenvalue weighted by Gasteiger charge is -2.19. The van der Waals surface area contributed by atoms with Crippen LogP contribution in [0.5, 0.6) is 0 Å². The van der Waals surface area contributed by atoms with Crippen molar-refractivity contribution in [3.8, 4) is 0 Å². The molecular formula is C11H13NO. The SMILES string of the molecule is CC(=O)c1cccc2c1NCCC2. The van der Waals surface area contributed by atoms with Crippen molar-refractivity contribution in [2.45, 2.75) is 19.8 Å². The first-order valence-corrected chi connectivity index (χ1v) is 4.66. The highest BCUT2D eigenvalue weighted by molar-refractivity contribution is 6.00.